The van der Waals surface area contributed by atoms with Gasteiger partial charge in [-0.2, -0.15) is 0 Å². The molecule has 0 unspecified atom stereocenters. The fourth-order valence-electron chi connectivity index (χ4n) is 1.50. The Balaban J connectivity index is 2.44. The van der Waals surface area contributed by atoms with Crippen LogP contribution in [0.15, 0.2) is 34.7 Å². The molecule has 3 heteroatoms. The number of hydrogen-bond acceptors (Lipinski definition) is 2. The third-order valence-electron chi connectivity index (χ3n) is 2.14. The van der Waals surface area contributed by atoms with Gasteiger partial charge in [-0.1, -0.05) is 0 Å². The van der Waals surface area contributed by atoms with Crippen LogP contribution in [0.3, 0.4) is 0 Å². The summed E-state index contributed by atoms with van der Waals surface area (Å²) in [6.07, 6.45) is 0. The van der Waals surface area contributed by atoms with E-state index < -0.39 is 0 Å². The number of hydrogen-bond donors (Lipinski definition) is 1. The van der Waals surface area contributed by atoms with Crippen LogP contribution < -0.4 is 0 Å². The summed E-state index contributed by atoms with van der Waals surface area (Å²) in [6.45, 7) is 1.68. The monoisotopic (exact) mass is 206 g/mol. The lowest BCUT2D eigenvalue weighted by atomic mass is 10.1. The first kappa shape index (κ1) is 9.93. The molecule has 0 amide bonds. The van der Waals surface area contributed by atoms with Gasteiger partial charge in [-0.15, -0.1) is 0 Å². The number of benzene rings is 1. The Hall–Kier alpha value is -1.61. The predicted octanol–water partition coefficient (Wildman–Crippen LogP) is 2.89. The first-order chi connectivity index (χ1) is 7.19. The summed E-state index contributed by atoms with van der Waals surface area (Å²) in [5, 5.41) is 8.84. The van der Waals surface area contributed by atoms with Crippen molar-refractivity contribution in [3.63, 3.8) is 0 Å². The van der Waals surface area contributed by atoms with E-state index in [0.29, 0.717) is 17.1 Å². The van der Waals surface area contributed by atoms with E-state index in [1.54, 1.807) is 12.1 Å². The van der Waals surface area contributed by atoms with E-state index in [2.05, 4.69) is 0 Å². The second kappa shape index (κ2) is 3.87. The zero-order valence-corrected chi connectivity index (χ0v) is 8.33. The van der Waals surface area contributed by atoms with E-state index in [-0.39, 0.29) is 12.4 Å². The molecule has 0 aliphatic carbocycles. The first-order valence-electron chi connectivity index (χ1n) is 4.66. The van der Waals surface area contributed by atoms with Gasteiger partial charge in [0.25, 0.3) is 0 Å². The molecule has 1 aromatic heterocycles. The van der Waals surface area contributed by atoms with Crippen LogP contribution in [0.1, 0.15) is 11.3 Å². The Morgan fingerprint density at radius 1 is 1.27 bits per heavy atom. The second-order valence-corrected chi connectivity index (χ2v) is 3.44. The Bertz CT molecular complexity index is 454. The maximum atomic E-state index is 13.1. The molecule has 0 aliphatic rings. The zero-order chi connectivity index (χ0) is 10.8. The molecule has 2 nitrogen and oxygen atoms in total. The van der Waals surface area contributed by atoms with Crippen LogP contribution >= 0.6 is 0 Å². The minimum absolute atomic E-state index is 0.145. The number of rotatable bonds is 2. The standard InChI is InChI=1S/C12H11FO2/c1-8-4-9(6-10(13)5-8)12-3-2-11(7-14)15-12/h2-6,14H,7H2,1H3. The van der Waals surface area contributed by atoms with Crippen molar-refractivity contribution in [1.82, 2.24) is 0 Å². The molecule has 2 rings (SSSR count). The number of aliphatic hydroxyl groups excluding tert-OH is 1. The molecule has 0 saturated heterocycles. The minimum atomic E-state index is -0.285. The molecule has 2 aromatic rings. The topological polar surface area (TPSA) is 33.4 Å². The van der Waals surface area contributed by atoms with E-state index in [1.807, 2.05) is 13.0 Å². The van der Waals surface area contributed by atoms with Crippen molar-refractivity contribution < 1.29 is 13.9 Å². The summed E-state index contributed by atoms with van der Waals surface area (Å²) in [4.78, 5) is 0. The third kappa shape index (κ3) is 2.07. The average molecular weight is 206 g/mol. The first-order valence-corrected chi connectivity index (χ1v) is 4.66. The number of furan rings is 1. The zero-order valence-electron chi connectivity index (χ0n) is 8.33. The third-order valence-corrected chi connectivity index (χ3v) is 2.14. The van der Waals surface area contributed by atoms with Gasteiger partial charge >= 0.3 is 0 Å². The van der Waals surface area contributed by atoms with Crippen LogP contribution in [0, 0.1) is 12.7 Å². The Labute approximate surface area is 87.0 Å². The molecular weight excluding hydrogens is 195 g/mol. The molecule has 0 atom stereocenters. The molecular formula is C12H11FO2. The van der Waals surface area contributed by atoms with E-state index in [9.17, 15) is 4.39 Å². The van der Waals surface area contributed by atoms with Crippen molar-refractivity contribution in [2.45, 2.75) is 13.5 Å². The molecule has 0 spiro atoms. The van der Waals surface area contributed by atoms with E-state index in [0.717, 1.165) is 5.56 Å². The van der Waals surface area contributed by atoms with E-state index in [4.69, 9.17) is 9.52 Å². The van der Waals surface area contributed by atoms with Gasteiger partial charge < -0.3 is 9.52 Å². The van der Waals surface area contributed by atoms with Crippen LogP contribution in [0.25, 0.3) is 11.3 Å². The summed E-state index contributed by atoms with van der Waals surface area (Å²) in [5.74, 6) is 0.764. The molecule has 0 radical (unpaired) electrons. The van der Waals surface area contributed by atoms with E-state index >= 15 is 0 Å². The van der Waals surface area contributed by atoms with Gasteiger partial charge in [0.05, 0.1) is 0 Å². The SMILES string of the molecule is Cc1cc(F)cc(-c2ccc(CO)o2)c1. The van der Waals surface area contributed by atoms with Crippen molar-refractivity contribution in [2.24, 2.45) is 0 Å². The normalized spacial score (nSPS) is 10.6. The van der Waals surface area contributed by atoms with Crippen molar-refractivity contribution in [3.8, 4) is 11.3 Å². The van der Waals surface area contributed by atoms with Crippen molar-refractivity contribution in [2.75, 3.05) is 0 Å². The van der Waals surface area contributed by atoms with Crippen molar-refractivity contribution in [3.05, 3.63) is 47.5 Å². The van der Waals surface area contributed by atoms with Crippen LogP contribution in [0.2, 0.25) is 0 Å². The molecule has 1 heterocycles. The number of aryl methyl sites for hydroxylation is 1. The molecule has 0 aliphatic heterocycles. The maximum Gasteiger partial charge on any atom is 0.134 e. The Morgan fingerprint density at radius 3 is 2.67 bits per heavy atom. The fraction of sp³-hybridized carbons (Fsp3) is 0.167. The highest BCUT2D eigenvalue weighted by Gasteiger charge is 2.05. The maximum absolute atomic E-state index is 13.1. The summed E-state index contributed by atoms with van der Waals surface area (Å²) < 4.78 is 18.4. The summed E-state index contributed by atoms with van der Waals surface area (Å²) >= 11 is 0. The summed E-state index contributed by atoms with van der Waals surface area (Å²) in [7, 11) is 0. The van der Waals surface area contributed by atoms with Gasteiger partial charge in [0, 0.05) is 5.56 Å². The highest BCUT2D eigenvalue weighted by molar-refractivity contribution is 5.58. The number of halogens is 1. The number of aliphatic hydroxyl groups is 1. The quantitative estimate of drug-likeness (QED) is 0.819. The fourth-order valence-corrected chi connectivity index (χ4v) is 1.50. The van der Waals surface area contributed by atoms with Gasteiger partial charge in [0.1, 0.15) is 23.9 Å². The molecule has 1 aromatic carbocycles. The minimum Gasteiger partial charge on any atom is -0.459 e. The van der Waals surface area contributed by atoms with Gasteiger partial charge in [-0.3, -0.25) is 0 Å². The molecule has 0 saturated carbocycles. The summed E-state index contributed by atoms with van der Waals surface area (Å²) in [6, 6.07) is 8.10. The lowest BCUT2D eigenvalue weighted by Gasteiger charge is -1.99. The highest BCUT2D eigenvalue weighted by atomic mass is 19.1. The van der Waals surface area contributed by atoms with Gasteiger partial charge in [0.15, 0.2) is 0 Å². The van der Waals surface area contributed by atoms with Crippen molar-refractivity contribution >= 4 is 0 Å². The predicted molar refractivity (Wildman–Crippen MR) is 54.8 cm³/mol. The average Bonchev–Trinajstić information content (AvgIpc) is 2.64. The van der Waals surface area contributed by atoms with Gasteiger partial charge in [-0.25, -0.2) is 4.39 Å². The van der Waals surface area contributed by atoms with Gasteiger partial charge in [-0.05, 0) is 42.8 Å². The molecule has 15 heavy (non-hydrogen) atoms. The lowest BCUT2D eigenvalue weighted by molar-refractivity contribution is 0.248. The second-order valence-electron chi connectivity index (χ2n) is 3.44. The molecule has 0 bridgehead atoms. The van der Waals surface area contributed by atoms with E-state index in [1.165, 1.54) is 12.1 Å². The largest absolute Gasteiger partial charge is 0.459 e. The lowest BCUT2D eigenvalue weighted by Crippen LogP contribution is -1.81. The summed E-state index contributed by atoms with van der Waals surface area (Å²) in [5.41, 5.74) is 1.53. The van der Waals surface area contributed by atoms with Crippen LogP contribution in [-0.2, 0) is 6.61 Å². The van der Waals surface area contributed by atoms with Gasteiger partial charge in [0.2, 0.25) is 0 Å². The Kier molecular flexibility index (Phi) is 2.56. The van der Waals surface area contributed by atoms with Crippen molar-refractivity contribution in [1.29, 1.82) is 0 Å². The van der Waals surface area contributed by atoms with Crippen LogP contribution in [-0.4, -0.2) is 5.11 Å². The van der Waals surface area contributed by atoms with Crippen LogP contribution in [0.4, 0.5) is 4.39 Å². The molecule has 0 fully saturated rings. The molecule has 78 valence electrons. The smallest absolute Gasteiger partial charge is 0.134 e. The Morgan fingerprint density at radius 2 is 2.07 bits per heavy atom. The molecule has 1 N–H and O–H groups in total. The highest BCUT2D eigenvalue weighted by Crippen LogP contribution is 2.24. The van der Waals surface area contributed by atoms with Crippen LogP contribution in [0.5, 0.6) is 0 Å².